The van der Waals surface area contributed by atoms with Crippen LogP contribution in [-0.4, -0.2) is 43.5 Å². The van der Waals surface area contributed by atoms with Crippen molar-refractivity contribution in [2.24, 2.45) is 0 Å². The number of phenols is 2. The lowest BCUT2D eigenvalue weighted by Crippen LogP contribution is -2.46. The molecule has 1 aliphatic heterocycles. The van der Waals surface area contributed by atoms with E-state index in [1.54, 1.807) is 13.2 Å². The number of phenolic OH excluding ortho intramolecular Hbond substituents is 2. The van der Waals surface area contributed by atoms with Gasteiger partial charge in [-0.05, 0) is 24.3 Å². The minimum Gasteiger partial charge on any atom is -0.508 e. The third kappa shape index (κ3) is 2.88. The molecule has 5 heteroatoms. The molecule has 116 valence electrons. The molecule has 0 aliphatic carbocycles. The van der Waals surface area contributed by atoms with E-state index < -0.39 is 0 Å². The molecule has 2 aromatic rings. The quantitative estimate of drug-likeness (QED) is 0.853. The van der Waals surface area contributed by atoms with Gasteiger partial charge in [-0.2, -0.15) is 0 Å². The highest BCUT2D eigenvalue weighted by atomic mass is 16.5. The molecule has 2 aromatic carbocycles. The molecule has 0 saturated carbocycles. The van der Waals surface area contributed by atoms with Crippen LogP contribution in [0.4, 0.5) is 11.4 Å². The molecule has 2 N–H and O–H groups in total. The van der Waals surface area contributed by atoms with Gasteiger partial charge in [0.1, 0.15) is 17.2 Å². The van der Waals surface area contributed by atoms with E-state index in [1.165, 1.54) is 12.1 Å². The Hall–Kier alpha value is -2.56. The van der Waals surface area contributed by atoms with E-state index in [2.05, 4.69) is 15.9 Å². The van der Waals surface area contributed by atoms with Gasteiger partial charge in [0.05, 0.1) is 12.8 Å². The topological polar surface area (TPSA) is 56.2 Å². The van der Waals surface area contributed by atoms with Crippen molar-refractivity contribution in [1.82, 2.24) is 0 Å². The van der Waals surface area contributed by atoms with E-state index in [9.17, 15) is 10.2 Å². The average Bonchev–Trinajstić information content (AvgIpc) is 2.57. The zero-order chi connectivity index (χ0) is 15.5. The second kappa shape index (κ2) is 6.05. The molecule has 1 fully saturated rings. The summed E-state index contributed by atoms with van der Waals surface area (Å²) in [5, 5.41) is 19.5. The van der Waals surface area contributed by atoms with Crippen molar-refractivity contribution in [1.29, 1.82) is 0 Å². The Balaban J connectivity index is 1.71. The van der Waals surface area contributed by atoms with Gasteiger partial charge in [0.25, 0.3) is 0 Å². The molecule has 1 aliphatic rings. The summed E-state index contributed by atoms with van der Waals surface area (Å²) in [7, 11) is 1.67. The molecule has 0 aromatic heterocycles. The van der Waals surface area contributed by atoms with E-state index in [0.717, 1.165) is 37.6 Å². The summed E-state index contributed by atoms with van der Waals surface area (Å²) in [6, 6.07) is 12.7. The number of rotatable bonds is 3. The smallest absolute Gasteiger partial charge is 0.139 e. The van der Waals surface area contributed by atoms with Gasteiger partial charge in [-0.1, -0.05) is 6.07 Å². The van der Waals surface area contributed by atoms with Crippen molar-refractivity contribution < 1.29 is 14.9 Å². The maximum absolute atomic E-state index is 9.96. The van der Waals surface area contributed by atoms with E-state index in [0.29, 0.717) is 5.69 Å². The fourth-order valence-electron chi connectivity index (χ4n) is 2.78. The Kier molecular flexibility index (Phi) is 3.96. The van der Waals surface area contributed by atoms with Gasteiger partial charge in [0.15, 0.2) is 0 Å². The minimum absolute atomic E-state index is 0.169. The number of aromatic hydroxyl groups is 2. The largest absolute Gasteiger partial charge is 0.508 e. The van der Waals surface area contributed by atoms with Gasteiger partial charge in [-0.3, -0.25) is 0 Å². The third-order valence-electron chi connectivity index (χ3n) is 4.00. The van der Waals surface area contributed by atoms with Gasteiger partial charge >= 0.3 is 0 Å². The number of benzene rings is 2. The number of hydrogen-bond acceptors (Lipinski definition) is 5. The van der Waals surface area contributed by atoms with Crippen LogP contribution in [0, 0.1) is 0 Å². The third-order valence-corrected chi connectivity index (χ3v) is 4.00. The summed E-state index contributed by atoms with van der Waals surface area (Å²) in [5.74, 6) is 1.22. The normalized spacial score (nSPS) is 15.0. The predicted molar refractivity (Wildman–Crippen MR) is 87.2 cm³/mol. The van der Waals surface area contributed by atoms with Crippen LogP contribution in [-0.2, 0) is 0 Å². The highest BCUT2D eigenvalue weighted by molar-refractivity contribution is 5.62. The number of methoxy groups -OCH3 is 1. The van der Waals surface area contributed by atoms with Crippen LogP contribution >= 0.6 is 0 Å². The second-order valence-corrected chi connectivity index (χ2v) is 5.35. The van der Waals surface area contributed by atoms with Gasteiger partial charge in [0.2, 0.25) is 0 Å². The molecular formula is C17H20N2O3. The van der Waals surface area contributed by atoms with Crippen molar-refractivity contribution >= 4 is 11.4 Å². The van der Waals surface area contributed by atoms with E-state index in [-0.39, 0.29) is 11.5 Å². The molecule has 0 bridgehead atoms. The molecular weight excluding hydrogens is 280 g/mol. The van der Waals surface area contributed by atoms with Crippen molar-refractivity contribution in [2.75, 3.05) is 43.1 Å². The zero-order valence-electron chi connectivity index (χ0n) is 12.6. The maximum atomic E-state index is 9.96. The molecule has 0 amide bonds. The molecule has 0 unspecified atom stereocenters. The van der Waals surface area contributed by atoms with Crippen LogP contribution in [0.5, 0.6) is 17.2 Å². The van der Waals surface area contributed by atoms with Crippen molar-refractivity contribution in [2.45, 2.75) is 0 Å². The SMILES string of the molecule is COc1cccc(N2CCN(c3cc(O)ccc3O)CC2)c1. The Labute approximate surface area is 130 Å². The first-order valence-electron chi connectivity index (χ1n) is 7.33. The van der Waals surface area contributed by atoms with Crippen molar-refractivity contribution in [3.8, 4) is 17.2 Å². The van der Waals surface area contributed by atoms with Crippen LogP contribution in [0.25, 0.3) is 0 Å². The molecule has 1 saturated heterocycles. The van der Waals surface area contributed by atoms with Gasteiger partial charge in [-0.15, -0.1) is 0 Å². The summed E-state index contributed by atoms with van der Waals surface area (Å²) in [6.45, 7) is 3.27. The van der Waals surface area contributed by atoms with Gasteiger partial charge in [0, 0.05) is 44.0 Å². The summed E-state index contributed by atoms with van der Waals surface area (Å²) in [4.78, 5) is 4.38. The fourth-order valence-corrected chi connectivity index (χ4v) is 2.78. The molecule has 3 rings (SSSR count). The van der Waals surface area contributed by atoms with Crippen LogP contribution in [0.1, 0.15) is 0 Å². The monoisotopic (exact) mass is 300 g/mol. The van der Waals surface area contributed by atoms with Crippen LogP contribution in [0.2, 0.25) is 0 Å². The number of piperazine rings is 1. The minimum atomic E-state index is 0.169. The molecule has 0 atom stereocenters. The molecule has 5 nitrogen and oxygen atoms in total. The lowest BCUT2D eigenvalue weighted by atomic mass is 10.2. The Morgan fingerprint density at radius 2 is 1.64 bits per heavy atom. The lowest BCUT2D eigenvalue weighted by molar-refractivity contribution is 0.414. The van der Waals surface area contributed by atoms with Crippen molar-refractivity contribution in [3.05, 3.63) is 42.5 Å². The highest BCUT2D eigenvalue weighted by Crippen LogP contribution is 2.32. The zero-order valence-corrected chi connectivity index (χ0v) is 12.6. The molecule has 22 heavy (non-hydrogen) atoms. The first-order chi connectivity index (χ1) is 10.7. The van der Waals surface area contributed by atoms with Crippen LogP contribution in [0.15, 0.2) is 42.5 Å². The van der Waals surface area contributed by atoms with Crippen molar-refractivity contribution in [3.63, 3.8) is 0 Å². The highest BCUT2D eigenvalue weighted by Gasteiger charge is 2.20. The van der Waals surface area contributed by atoms with Gasteiger partial charge in [-0.25, -0.2) is 0 Å². The van der Waals surface area contributed by atoms with Crippen LogP contribution < -0.4 is 14.5 Å². The first-order valence-corrected chi connectivity index (χ1v) is 7.33. The first kappa shape index (κ1) is 14.4. The number of anilines is 2. The van der Waals surface area contributed by atoms with Crippen LogP contribution in [0.3, 0.4) is 0 Å². The van der Waals surface area contributed by atoms with Gasteiger partial charge < -0.3 is 24.7 Å². The lowest BCUT2D eigenvalue weighted by Gasteiger charge is -2.37. The maximum Gasteiger partial charge on any atom is 0.139 e. The Morgan fingerprint density at radius 1 is 0.909 bits per heavy atom. The number of nitrogens with zero attached hydrogens (tertiary/aromatic N) is 2. The van der Waals surface area contributed by atoms with E-state index in [1.807, 2.05) is 18.2 Å². The molecule has 0 spiro atoms. The fraction of sp³-hybridized carbons (Fsp3) is 0.294. The standard InChI is InChI=1S/C17H20N2O3/c1-22-15-4-2-3-13(11-15)18-7-9-19(10-8-18)16-12-14(20)5-6-17(16)21/h2-6,11-12,20-21H,7-10H2,1H3. The number of ether oxygens (including phenoxy) is 1. The summed E-state index contributed by atoms with van der Waals surface area (Å²) < 4.78 is 5.27. The number of hydrogen-bond donors (Lipinski definition) is 2. The summed E-state index contributed by atoms with van der Waals surface area (Å²) >= 11 is 0. The predicted octanol–water partition coefficient (Wildman–Crippen LogP) is 2.43. The average molecular weight is 300 g/mol. The molecule has 0 radical (unpaired) electrons. The molecule has 1 heterocycles. The Morgan fingerprint density at radius 3 is 2.36 bits per heavy atom. The second-order valence-electron chi connectivity index (χ2n) is 5.35. The van der Waals surface area contributed by atoms with E-state index in [4.69, 9.17) is 4.74 Å². The summed E-state index contributed by atoms with van der Waals surface area (Å²) in [6.07, 6.45) is 0. The van der Waals surface area contributed by atoms with E-state index >= 15 is 0 Å². The Bertz CT molecular complexity index is 652. The summed E-state index contributed by atoms with van der Waals surface area (Å²) in [5.41, 5.74) is 1.82.